The van der Waals surface area contributed by atoms with Crippen molar-refractivity contribution in [3.8, 4) is 0 Å². The molecule has 0 aromatic carbocycles. The van der Waals surface area contributed by atoms with Gasteiger partial charge in [0, 0.05) is 24.5 Å². The van der Waals surface area contributed by atoms with Crippen LogP contribution in [0.3, 0.4) is 0 Å². The van der Waals surface area contributed by atoms with Crippen LogP contribution < -0.4 is 10.6 Å². The highest BCUT2D eigenvalue weighted by molar-refractivity contribution is 14.0. The second-order valence-electron chi connectivity index (χ2n) is 5.72. The maximum absolute atomic E-state index is 10.1. The highest BCUT2D eigenvalue weighted by Gasteiger charge is 2.20. The number of aliphatic imine (C=N–C) groups is 1. The number of hydrogen-bond acceptors (Lipinski definition) is 3. The van der Waals surface area contributed by atoms with Gasteiger partial charge in [-0.25, -0.2) is 0 Å². The number of thiophene rings is 1. The molecule has 1 saturated carbocycles. The number of aliphatic hydroxyl groups is 1. The van der Waals surface area contributed by atoms with Gasteiger partial charge in [-0.1, -0.05) is 31.4 Å². The number of guanidine groups is 1. The monoisotopic (exact) mass is 457 g/mol. The van der Waals surface area contributed by atoms with Crippen molar-refractivity contribution >= 4 is 52.9 Å². The molecule has 0 bridgehead atoms. The first-order valence-corrected chi connectivity index (χ1v) is 8.68. The summed E-state index contributed by atoms with van der Waals surface area (Å²) in [6, 6.07) is 4.15. The Morgan fingerprint density at radius 1 is 1.50 bits per heavy atom. The van der Waals surface area contributed by atoms with Gasteiger partial charge in [-0.2, -0.15) is 0 Å². The van der Waals surface area contributed by atoms with Crippen LogP contribution in [-0.4, -0.2) is 30.7 Å². The molecule has 1 fully saturated rings. The van der Waals surface area contributed by atoms with E-state index in [2.05, 4.69) is 22.5 Å². The molecule has 0 spiro atoms. The highest BCUT2D eigenvalue weighted by atomic mass is 127. The normalized spacial score (nSPS) is 23.5. The molecule has 0 aliphatic heterocycles. The molecular formula is C15H25ClIN3OS. The van der Waals surface area contributed by atoms with Crippen molar-refractivity contribution in [3.05, 3.63) is 21.3 Å². The highest BCUT2D eigenvalue weighted by Crippen LogP contribution is 2.26. The molecule has 0 saturated heterocycles. The van der Waals surface area contributed by atoms with Gasteiger partial charge in [-0.05, 0) is 30.9 Å². The molecule has 1 aromatic rings. The zero-order valence-corrected chi connectivity index (χ0v) is 16.9. The van der Waals surface area contributed by atoms with Crippen molar-refractivity contribution < 1.29 is 5.11 Å². The van der Waals surface area contributed by atoms with Crippen molar-refractivity contribution in [2.75, 3.05) is 13.6 Å². The van der Waals surface area contributed by atoms with Crippen LogP contribution in [0.2, 0.25) is 4.34 Å². The van der Waals surface area contributed by atoms with E-state index in [1.54, 1.807) is 13.1 Å². The van der Waals surface area contributed by atoms with Crippen molar-refractivity contribution in [1.82, 2.24) is 10.6 Å². The first kappa shape index (κ1) is 20.0. The predicted octanol–water partition coefficient (Wildman–Crippen LogP) is 3.80. The molecule has 0 radical (unpaired) electrons. The number of hydrogen-bond donors (Lipinski definition) is 3. The fourth-order valence-corrected chi connectivity index (χ4v) is 3.80. The van der Waals surface area contributed by atoms with Gasteiger partial charge >= 0.3 is 0 Å². The van der Waals surface area contributed by atoms with Crippen LogP contribution in [0.15, 0.2) is 17.1 Å². The lowest BCUT2D eigenvalue weighted by Gasteiger charge is -2.29. The number of rotatable bonds is 4. The van der Waals surface area contributed by atoms with Crippen LogP contribution in [0, 0.1) is 5.92 Å². The summed E-state index contributed by atoms with van der Waals surface area (Å²) in [5.41, 5.74) is 0. The maximum Gasteiger partial charge on any atom is 0.191 e. The minimum atomic E-state index is -0.564. The Balaban J connectivity index is 0.00000242. The van der Waals surface area contributed by atoms with Crippen molar-refractivity contribution in [2.45, 2.75) is 44.8 Å². The van der Waals surface area contributed by atoms with E-state index < -0.39 is 6.10 Å². The van der Waals surface area contributed by atoms with E-state index in [0.717, 1.165) is 16.8 Å². The molecule has 1 aliphatic carbocycles. The molecule has 3 N–H and O–H groups in total. The second-order valence-corrected chi connectivity index (χ2v) is 7.47. The average Bonchev–Trinajstić information content (AvgIpc) is 2.90. The Kier molecular flexibility index (Phi) is 9.04. The fourth-order valence-electron chi connectivity index (χ4n) is 2.75. The van der Waals surface area contributed by atoms with Gasteiger partial charge in [0.1, 0.15) is 6.10 Å². The maximum atomic E-state index is 10.1. The molecule has 4 nitrogen and oxygen atoms in total. The average molecular weight is 458 g/mol. The summed E-state index contributed by atoms with van der Waals surface area (Å²) in [7, 11) is 1.76. The molecular weight excluding hydrogens is 433 g/mol. The molecule has 1 heterocycles. The summed E-state index contributed by atoms with van der Waals surface area (Å²) in [5, 5.41) is 16.8. The van der Waals surface area contributed by atoms with Gasteiger partial charge in [-0.15, -0.1) is 35.3 Å². The Hall–Kier alpha value is -0.0500. The minimum absolute atomic E-state index is 0. The molecule has 2 rings (SSSR count). The Labute approximate surface area is 158 Å². The van der Waals surface area contributed by atoms with Crippen LogP contribution in [0.4, 0.5) is 0 Å². The summed E-state index contributed by atoms with van der Waals surface area (Å²) in [6.07, 6.45) is 4.40. The first-order valence-electron chi connectivity index (χ1n) is 7.49. The van der Waals surface area contributed by atoms with Gasteiger partial charge in [0.2, 0.25) is 0 Å². The lowest BCUT2D eigenvalue weighted by atomic mass is 9.87. The molecule has 7 heteroatoms. The predicted molar refractivity (Wildman–Crippen MR) is 106 cm³/mol. The molecule has 3 atom stereocenters. The lowest BCUT2D eigenvalue weighted by molar-refractivity contribution is 0.184. The van der Waals surface area contributed by atoms with Crippen molar-refractivity contribution in [1.29, 1.82) is 0 Å². The van der Waals surface area contributed by atoms with Crippen LogP contribution >= 0.6 is 46.9 Å². The first-order chi connectivity index (χ1) is 10.1. The number of halogens is 2. The lowest BCUT2D eigenvalue weighted by Crippen LogP contribution is -2.46. The second kappa shape index (κ2) is 9.95. The molecule has 3 unspecified atom stereocenters. The minimum Gasteiger partial charge on any atom is -0.386 e. The molecule has 1 aromatic heterocycles. The zero-order chi connectivity index (χ0) is 15.2. The van der Waals surface area contributed by atoms with Crippen molar-refractivity contribution in [3.63, 3.8) is 0 Å². The number of aliphatic hydroxyl groups excluding tert-OH is 1. The Morgan fingerprint density at radius 2 is 2.27 bits per heavy atom. The van der Waals surface area contributed by atoms with Crippen molar-refractivity contribution in [2.24, 2.45) is 10.9 Å². The summed E-state index contributed by atoms with van der Waals surface area (Å²) in [4.78, 5) is 5.11. The van der Waals surface area contributed by atoms with Gasteiger partial charge in [0.05, 0.1) is 4.34 Å². The van der Waals surface area contributed by atoms with E-state index in [1.165, 1.54) is 37.0 Å². The molecule has 22 heavy (non-hydrogen) atoms. The van der Waals surface area contributed by atoms with Crippen LogP contribution in [0.1, 0.15) is 43.6 Å². The largest absolute Gasteiger partial charge is 0.386 e. The summed E-state index contributed by atoms with van der Waals surface area (Å²) >= 11 is 7.29. The van der Waals surface area contributed by atoms with E-state index in [1.807, 2.05) is 6.07 Å². The van der Waals surface area contributed by atoms with Gasteiger partial charge in [0.15, 0.2) is 5.96 Å². The van der Waals surface area contributed by atoms with E-state index >= 15 is 0 Å². The molecule has 1 aliphatic rings. The van der Waals surface area contributed by atoms with E-state index in [0.29, 0.717) is 16.9 Å². The number of nitrogens with zero attached hydrogens (tertiary/aromatic N) is 1. The van der Waals surface area contributed by atoms with Gasteiger partial charge in [0.25, 0.3) is 0 Å². The molecule has 126 valence electrons. The van der Waals surface area contributed by atoms with Crippen LogP contribution in [0.5, 0.6) is 0 Å². The Bertz CT molecular complexity index is 483. The molecule has 0 amide bonds. The SMILES string of the molecule is CN=C(NCC(O)c1ccc(Cl)s1)NC1CCCC(C)C1.I. The smallest absolute Gasteiger partial charge is 0.191 e. The number of nitrogens with one attached hydrogen (secondary N) is 2. The Morgan fingerprint density at radius 3 is 2.86 bits per heavy atom. The fraction of sp³-hybridized carbons (Fsp3) is 0.667. The summed E-state index contributed by atoms with van der Waals surface area (Å²) in [6.45, 7) is 2.73. The van der Waals surface area contributed by atoms with Gasteiger partial charge in [-0.3, -0.25) is 4.99 Å². The summed E-state index contributed by atoms with van der Waals surface area (Å²) in [5.74, 6) is 1.53. The standard InChI is InChI=1S/C15H24ClN3OS.HI/c1-10-4-3-5-11(8-10)19-15(17-2)18-9-12(20)13-6-7-14(16)21-13;/h6-7,10-12,20H,3-5,8-9H2,1-2H3,(H2,17,18,19);1H. The third kappa shape index (κ3) is 6.22. The van der Waals surface area contributed by atoms with E-state index in [-0.39, 0.29) is 24.0 Å². The zero-order valence-electron chi connectivity index (χ0n) is 13.0. The summed E-state index contributed by atoms with van der Waals surface area (Å²) < 4.78 is 0.697. The van der Waals surface area contributed by atoms with Crippen LogP contribution in [-0.2, 0) is 0 Å². The van der Waals surface area contributed by atoms with E-state index in [4.69, 9.17) is 11.6 Å². The van der Waals surface area contributed by atoms with E-state index in [9.17, 15) is 5.11 Å². The quantitative estimate of drug-likeness (QED) is 0.366. The van der Waals surface area contributed by atoms with Gasteiger partial charge < -0.3 is 15.7 Å². The van der Waals surface area contributed by atoms with Crippen LogP contribution in [0.25, 0.3) is 0 Å². The topological polar surface area (TPSA) is 56.7 Å². The third-order valence-corrected chi connectivity index (χ3v) is 5.22. The third-order valence-electron chi connectivity index (χ3n) is 3.89.